The molecule has 0 radical (unpaired) electrons. The normalized spacial score (nSPS) is 11.9. The van der Waals surface area contributed by atoms with Crippen molar-refractivity contribution in [3.63, 3.8) is 0 Å². The van der Waals surface area contributed by atoms with Gasteiger partial charge in [-0.15, -0.1) is 0 Å². The maximum Gasteiger partial charge on any atom is 0.405 e. The van der Waals surface area contributed by atoms with Gasteiger partial charge in [0.1, 0.15) is 6.54 Å². The molecular formula is C17H18F3N3O3S. The van der Waals surface area contributed by atoms with E-state index in [1.807, 2.05) is 0 Å². The van der Waals surface area contributed by atoms with Gasteiger partial charge in [-0.05, 0) is 36.4 Å². The smallest absolute Gasteiger partial charge is 0.375 e. The van der Waals surface area contributed by atoms with E-state index in [-0.39, 0.29) is 28.4 Å². The molecule has 0 aliphatic heterocycles. The first-order valence-electron chi connectivity index (χ1n) is 7.93. The number of carbonyl (C=O) groups is 1. The summed E-state index contributed by atoms with van der Waals surface area (Å²) in [4.78, 5) is 12.3. The van der Waals surface area contributed by atoms with E-state index < -0.39 is 28.7 Å². The fourth-order valence-corrected chi connectivity index (χ4v) is 3.24. The lowest BCUT2D eigenvalue weighted by atomic mass is 10.2. The molecule has 2 aromatic carbocycles. The van der Waals surface area contributed by atoms with E-state index in [2.05, 4.69) is 15.4 Å². The van der Waals surface area contributed by atoms with Gasteiger partial charge >= 0.3 is 6.18 Å². The number of halogens is 3. The molecule has 146 valence electrons. The summed E-state index contributed by atoms with van der Waals surface area (Å²) in [6.07, 6.45) is -4.40. The zero-order valence-electron chi connectivity index (χ0n) is 14.3. The minimum Gasteiger partial charge on any atom is -0.375 e. The second-order valence-corrected chi connectivity index (χ2v) is 7.26. The van der Waals surface area contributed by atoms with Crippen LogP contribution in [-0.2, 0) is 10.0 Å². The third-order valence-electron chi connectivity index (χ3n) is 3.42. The second kappa shape index (κ2) is 8.40. The molecule has 1 amide bonds. The molecule has 10 heteroatoms. The Morgan fingerprint density at radius 3 is 2.15 bits per heavy atom. The molecule has 2 aromatic rings. The van der Waals surface area contributed by atoms with Gasteiger partial charge in [0.05, 0.1) is 16.3 Å². The Hall–Kier alpha value is -2.59. The Balaban J connectivity index is 2.14. The minimum absolute atomic E-state index is 0.00754. The van der Waals surface area contributed by atoms with Crippen LogP contribution < -0.4 is 15.4 Å². The monoisotopic (exact) mass is 401 g/mol. The molecule has 0 atom stereocenters. The zero-order valence-corrected chi connectivity index (χ0v) is 15.1. The predicted octanol–water partition coefficient (Wildman–Crippen LogP) is 3.21. The first-order chi connectivity index (χ1) is 12.6. The number of sulfonamides is 1. The summed E-state index contributed by atoms with van der Waals surface area (Å²) in [7, 11) is -3.64. The SMILES string of the molecule is CCNS(=O)(=O)c1ccc(C(=O)Nc2ccccc2NCC(F)(F)F)cc1. The molecule has 0 unspecified atom stereocenters. The van der Waals surface area contributed by atoms with Gasteiger partial charge in [0, 0.05) is 12.1 Å². The van der Waals surface area contributed by atoms with Crippen molar-refractivity contribution < 1.29 is 26.4 Å². The summed E-state index contributed by atoms with van der Waals surface area (Å²) < 4.78 is 63.3. The van der Waals surface area contributed by atoms with Gasteiger partial charge in [0.2, 0.25) is 10.0 Å². The van der Waals surface area contributed by atoms with Crippen LogP contribution in [0.5, 0.6) is 0 Å². The van der Waals surface area contributed by atoms with Crippen LogP contribution in [0.15, 0.2) is 53.4 Å². The summed E-state index contributed by atoms with van der Waals surface area (Å²) in [6.45, 7) is 0.632. The van der Waals surface area contributed by atoms with Gasteiger partial charge in [-0.1, -0.05) is 19.1 Å². The molecule has 2 rings (SSSR count). The highest BCUT2D eigenvalue weighted by Crippen LogP contribution is 2.24. The highest BCUT2D eigenvalue weighted by molar-refractivity contribution is 7.89. The van der Waals surface area contributed by atoms with Gasteiger partial charge < -0.3 is 10.6 Å². The van der Waals surface area contributed by atoms with E-state index >= 15 is 0 Å². The molecule has 6 nitrogen and oxygen atoms in total. The van der Waals surface area contributed by atoms with Crippen molar-refractivity contribution in [2.45, 2.75) is 18.0 Å². The number of para-hydroxylation sites is 2. The van der Waals surface area contributed by atoms with Gasteiger partial charge in [-0.3, -0.25) is 4.79 Å². The first kappa shape index (κ1) is 20.7. The van der Waals surface area contributed by atoms with Crippen molar-refractivity contribution in [2.24, 2.45) is 0 Å². The summed E-state index contributed by atoms with van der Waals surface area (Å²) in [5.41, 5.74) is 0.460. The fourth-order valence-electron chi connectivity index (χ4n) is 2.20. The van der Waals surface area contributed by atoms with Crippen molar-refractivity contribution >= 4 is 27.3 Å². The lowest BCUT2D eigenvalue weighted by Gasteiger charge is -2.14. The number of rotatable bonds is 7. The number of nitrogens with one attached hydrogen (secondary N) is 3. The first-order valence-corrected chi connectivity index (χ1v) is 9.41. The largest absolute Gasteiger partial charge is 0.405 e. The minimum atomic E-state index is -4.40. The average molecular weight is 401 g/mol. The molecule has 0 bridgehead atoms. The number of carbonyl (C=O) groups excluding carboxylic acids is 1. The van der Waals surface area contributed by atoms with Crippen LogP contribution in [0.2, 0.25) is 0 Å². The Labute approximate surface area is 154 Å². The molecule has 0 spiro atoms. The Kier molecular flexibility index (Phi) is 6.45. The molecule has 0 saturated carbocycles. The van der Waals surface area contributed by atoms with Crippen LogP contribution >= 0.6 is 0 Å². The van der Waals surface area contributed by atoms with Gasteiger partial charge in [-0.25, -0.2) is 13.1 Å². The quantitative estimate of drug-likeness (QED) is 0.665. The Morgan fingerprint density at radius 2 is 1.59 bits per heavy atom. The van der Waals surface area contributed by atoms with Crippen LogP contribution in [0.1, 0.15) is 17.3 Å². The third kappa shape index (κ3) is 5.97. The standard InChI is InChI=1S/C17H18F3N3O3S/c1-2-22-27(25,26)13-9-7-12(8-10-13)16(24)23-15-6-4-3-5-14(15)21-11-17(18,19)20/h3-10,21-22H,2,11H2,1H3,(H,23,24). The fraction of sp³-hybridized carbons (Fsp3) is 0.235. The van der Waals surface area contributed by atoms with Crippen LogP contribution in [0.25, 0.3) is 0 Å². The van der Waals surface area contributed by atoms with Gasteiger partial charge in [-0.2, -0.15) is 13.2 Å². The lowest BCUT2D eigenvalue weighted by molar-refractivity contribution is -0.115. The van der Waals surface area contributed by atoms with E-state index in [4.69, 9.17) is 0 Å². The number of amides is 1. The number of anilines is 2. The molecule has 27 heavy (non-hydrogen) atoms. The molecule has 0 aromatic heterocycles. The summed E-state index contributed by atoms with van der Waals surface area (Å²) in [6, 6.07) is 11.2. The summed E-state index contributed by atoms with van der Waals surface area (Å²) >= 11 is 0. The van der Waals surface area contributed by atoms with E-state index in [9.17, 15) is 26.4 Å². The molecule has 0 aliphatic carbocycles. The lowest BCUT2D eigenvalue weighted by Crippen LogP contribution is -2.23. The number of hydrogen-bond donors (Lipinski definition) is 3. The maximum atomic E-state index is 12.4. The van der Waals surface area contributed by atoms with Crippen molar-refractivity contribution in [1.82, 2.24) is 4.72 Å². The highest BCUT2D eigenvalue weighted by atomic mass is 32.2. The number of benzene rings is 2. The second-order valence-electron chi connectivity index (χ2n) is 5.49. The van der Waals surface area contributed by atoms with E-state index in [0.717, 1.165) is 0 Å². The predicted molar refractivity (Wildman–Crippen MR) is 96.2 cm³/mol. The maximum absolute atomic E-state index is 12.4. The van der Waals surface area contributed by atoms with E-state index in [1.165, 1.54) is 42.5 Å². The van der Waals surface area contributed by atoms with Crippen molar-refractivity contribution in [3.05, 3.63) is 54.1 Å². The van der Waals surface area contributed by atoms with Gasteiger partial charge in [0.25, 0.3) is 5.91 Å². The van der Waals surface area contributed by atoms with E-state index in [0.29, 0.717) is 0 Å². The number of hydrogen-bond acceptors (Lipinski definition) is 4. The van der Waals surface area contributed by atoms with Crippen LogP contribution in [-0.4, -0.2) is 33.6 Å². The van der Waals surface area contributed by atoms with Crippen LogP contribution in [0, 0.1) is 0 Å². The molecule has 3 N–H and O–H groups in total. The molecule has 0 saturated heterocycles. The third-order valence-corrected chi connectivity index (χ3v) is 4.98. The van der Waals surface area contributed by atoms with Crippen molar-refractivity contribution in [2.75, 3.05) is 23.7 Å². The highest BCUT2D eigenvalue weighted by Gasteiger charge is 2.27. The van der Waals surface area contributed by atoms with Crippen LogP contribution in [0.3, 0.4) is 0 Å². The topological polar surface area (TPSA) is 87.3 Å². The average Bonchev–Trinajstić information content (AvgIpc) is 2.60. The van der Waals surface area contributed by atoms with Gasteiger partial charge in [0.15, 0.2) is 0 Å². The summed E-state index contributed by atoms with van der Waals surface area (Å²) in [5, 5.41) is 4.74. The Morgan fingerprint density at radius 1 is 1.00 bits per heavy atom. The zero-order chi connectivity index (χ0) is 20.1. The van der Waals surface area contributed by atoms with Crippen LogP contribution in [0.4, 0.5) is 24.5 Å². The summed E-state index contributed by atoms with van der Waals surface area (Å²) in [5.74, 6) is -0.580. The Bertz CT molecular complexity index is 898. The molecule has 0 aliphatic rings. The molecule has 0 heterocycles. The van der Waals surface area contributed by atoms with Crippen molar-refractivity contribution in [1.29, 1.82) is 0 Å². The van der Waals surface area contributed by atoms with E-state index in [1.54, 1.807) is 13.0 Å². The molecule has 0 fully saturated rings. The molecular weight excluding hydrogens is 383 g/mol. The number of alkyl halides is 3. The van der Waals surface area contributed by atoms with Crippen molar-refractivity contribution in [3.8, 4) is 0 Å².